The van der Waals surface area contributed by atoms with Crippen molar-refractivity contribution in [1.82, 2.24) is 25.5 Å². The van der Waals surface area contributed by atoms with Crippen molar-refractivity contribution in [1.29, 1.82) is 0 Å². The Balaban J connectivity index is 1.89. The minimum absolute atomic E-state index is 0.0627. The second-order valence-electron chi connectivity index (χ2n) is 8.21. The van der Waals surface area contributed by atoms with Gasteiger partial charge < -0.3 is 9.47 Å². The predicted molar refractivity (Wildman–Crippen MR) is 145 cm³/mol. The number of nitrogens with one attached hydrogen (secondary N) is 3. The minimum atomic E-state index is -4.07. The van der Waals surface area contributed by atoms with E-state index >= 15 is 0 Å². The summed E-state index contributed by atoms with van der Waals surface area (Å²) in [5.41, 5.74) is 6.07. The standard InChI is InChI=1S/C25H29ClN6O5S/c1-16(24-27-14-19(26)15-28-24)17(2)38(34,35)32-25(29-23-20(36-3)11-8-12-21(23)37-4)31-30-22(33)13-18-9-6-5-7-10-18/h5-12,14-17H,13H2,1-4H3,(H,30,33)(H2,29,31,32). The van der Waals surface area contributed by atoms with Gasteiger partial charge in [-0.1, -0.05) is 54.9 Å². The molecule has 3 rings (SSSR count). The SMILES string of the molecule is COc1cccc(OC)c1/N=C(/NNC(=O)Cc1ccccc1)NS(=O)(=O)C(C)C(C)c1ncc(Cl)cn1. The van der Waals surface area contributed by atoms with E-state index in [0.717, 1.165) is 5.56 Å². The number of hydrazine groups is 1. The number of hydrogen-bond acceptors (Lipinski definition) is 8. The Morgan fingerprint density at radius 3 is 2.16 bits per heavy atom. The molecule has 0 bridgehead atoms. The van der Waals surface area contributed by atoms with E-state index in [9.17, 15) is 13.2 Å². The largest absolute Gasteiger partial charge is 0.494 e. The van der Waals surface area contributed by atoms with Crippen LogP contribution in [0.15, 0.2) is 65.9 Å². The molecule has 3 aromatic rings. The first-order valence-electron chi connectivity index (χ1n) is 11.5. The summed E-state index contributed by atoms with van der Waals surface area (Å²) < 4.78 is 39.9. The zero-order valence-electron chi connectivity index (χ0n) is 21.3. The zero-order chi connectivity index (χ0) is 27.7. The molecule has 1 heterocycles. The van der Waals surface area contributed by atoms with Crippen LogP contribution in [0.5, 0.6) is 11.5 Å². The molecule has 1 amide bonds. The second kappa shape index (κ2) is 13.1. The Morgan fingerprint density at radius 1 is 0.974 bits per heavy atom. The Morgan fingerprint density at radius 2 is 1.58 bits per heavy atom. The van der Waals surface area contributed by atoms with Gasteiger partial charge in [-0.2, -0.15) is 0 Å². The number of carbonyl (C=O) groups is 1. The van der Waals surface area contributed by atoms with Crippen LogP contribution in [-0.2, 0) is 21.2 Å². The quantitative estimate of drug-likeness (QED) is 0.206. The number of nitrogens with zero attached hydrogens (tertiary/aromatic N) is 3. The van der Waals surface area contributed by atoms with Gasteiger partial charge in [-0.25, -0.2) is 23.4 Å². The van der Waals surface area contributed by atoms with Crippen LogP contribution in [0.1, 0.15) is 31.2 Å². The molecule has 0 fully saturated rings. The lowest BCUT2D eigenvalue weighted by Crippen LogP contribution is -2.52. The number of methoxy groups -OCH3 is 2. The minimum Gasteiger partial charge on any atom is -0.494 e. The van der Waals surface area contributed by atoms with Crippen molar-refractivity contribution in [3.63, 3.8) is 0 Å². The molecular formula is C25H29ClN6O5S. The van der Waals surface area contributed by atoms with Gasteiger partial charge >= 0.3 is 0 Å². The number of aliphatic imine (C=N–C) groups is 1. The van der Waals surface area contributed by atoms with Gasteiger partial charge in [0, 0.05) is 18.3 Å². The summed E-state index contributed by atoms with van der Waals surface area (Å²) >= 11 is 5.86. The van der Waals surface area contributed by atoms with E-state index in [4.69, 9.17) is 21.1 Å². The monoisotopic (exact) mass is 560 g/mol. The van der Waals surface area contributed by atoms with Crippen LogP contribution in [0.4, 0.5) is 5.69 Å². The predicted octanol–water partition coefficient (Wildman–Crippen LogP) is 3.11. The van der Waals surface area contributed by atoms with Crippen LogP contribution in [-0.4, -0.2) is 49.7 Å². The van der Waals surface area contributed by atoms with Crippen LogP contribution in [0.2, 0.25) is 5.02 Å². The number of rotatable bonds is 9. The zero-order valence-corrected chi connectivity index (χ0v) is 22.9. The highest BCUT2D eigenvalue weighted by molar-refractivity contribution is 7.90. The van der Waals surface area contributed by atoms with Crippen molar-refractivity contribution in [2.24, 2.45) is 4.99 Å². The van der Waals surface area contributed by atoms with Crippen LogP contribution in [0, 0.1) is 0 Å². The summed E-state index contributed by atoms with van der Waals surface area (Å²) in [6.45, 7) is 3.20. The lowest BCUT2D eigenvalue weighted by Gasteiger charge is -2.21. The molecule has 13 heteroatoms. The van der Waals surface area contributed by atoms with Gasteiger partial charge in [-0.15, -0.1) is 0 Å². The van der Waals surface area contributed by atoms with Crippen molar-refractivity contribution >= 4 is 39.2 Å². The number of para-hydroxylation sites is 1. The maximum atomic E-state index is 13.4. The highest BCUT2D eigenvalue weighted by Gasteiger charge is 2.30. The van der Waals surface area contributed by atoms with E-state index < -0.39 is 27.1 Å². The first-order valence-corrected chi connectivity index (χ1v) is 13.4. The van der Waals surface area contributed by atoms with E-state index in [1.165, 1.54) is 33.5 Å². The van der Waals surface area contributed by atoms with E-state index in [1.54, 1.807) is 37.3 Å². The number of guanidine groups is 1. The molecule has 1 aromatic heterocycles. The third-order valence-corrected chi connectivity index (χ3v) is 7.69. The maximum absolute atomic E-state index is 13.4. The molecule has 2 unspecified atom stereocenters. The van der Waals surface area contributed by atoms with Gasteiger partial charge in [0.25, 0.3) is 0 Å². The molecule has 0 aliphatic rings. The third kappa shape index (κ3) is 7.56. The van der Waals surface area contributed by atoms with Crippen LogP contribution in [0.3, 0.4) is 0 Å². The molecule has 0 aliphatic heterocycles. The Labute approximate surface area is 226 Å². The Bertz CT molecular complexity index is 1350. The van der Waals surface area contributed by atoms with Crippen LogP contribution >= 0.6 is 11.6 Å². The number of ether oxygens (including phenoxy) is 2. The fourth-order valence-corrected chi connectivity index (χ4v) is 4.66. The average Bonchev–Trinajstić information content (AvgIpc) is 2.91. The molecule has 2 aromatic carbocycles. The van der Waals surface area contributed by atoms with Crippen molar-refractivity contribution in [2.45, 2.75) is 31.4 Å². The van der Waals surface area contributed by atoms with Crippen LogP contribution in [0.25, 0.3) is 0 Å². The molecule has 11 nitrogen and oxygen atoms in total. The van der Waals surface area contributed by atoms with E-state index in [1.807, 2.05) is 18.2 Å². The molecule has 0 aliphatic carbocycles. The van der Waals surface area contributed by atoms with Crippen molar-refractivity contribution < 1.29 is 22.7 Å². The normalized spacial score (nSPS) is 13.2. The van der Waals surface area contributed by atoms with Gasteiger partial charge in [0.15, 0.2) is 5.69 Å². The lowest BCUT2D eigenvalue weighted by atomic mass is 10.1. The number of amides is 1. The second-order valence-corrected chi connectivity index (χ2v) is 10.7. The number of benzene rings is 2. The van der Waals surface area contributed by atoms with Gasteiger partial charge in [0.2, 0.25) is 21.9 Å². The first kappa shape index (κ1) is 28.7. The molecule has 0 radical (unpaired) electrons. The molecular weight excluding hydrogens is 532 g/mol. The number of sulfonamides is 1. The number of hydrogen-bond donors (Lipinski definition) is 3. The van der Waals surface area contributed by atoms with Crippen molar-refractivity contribution in [2.75, 3.05) is 14.2 Å². The number of aromatic nitrogens is 2. The first-order chi connectivity index (χ1) is 18.1. The molecule has 2 atom stereocenters. The smallest absolute Gasteiger partial charge is 0.242 e. The summed E-state index contributed by atoms with van der Waals surface area (Å²) in [5.74, 6) is -0.319. The van der Waals surface area contributed by atoms with Gasteiger partial charge in [-0.05, 0) is 24.6 Å². The average molecular weight is 561 g/mol. The van der Waals surface area contributed by atoms with E-state index in [0.29, 0.717) is 22.3 Å². The maximum Gasteiger partial charge on any atom is 0.242 e. The summed E-state index contributed by atoms with van der Waals surface area (Å²) in [5, 5.41) is -0.652. The topological polar surface area (TPSA) is 144 Å². The molecule has 0 saturated carbocycles. The van der Waals surface area contributed by atoms with Gasteiger partial charge in [0.05, 0.1) is 30.9 Å². The number of carbonyl (C=O) groups excluding carboxylic acids is 1. The molecule has 202 valence electrons. The summed E-state index contributed by atoms with van der Waals surface area (Å²) in [6, 6.07) is 14.1. The number of halogens is 1. The highest BCUT2D eigenvalue weighted by Crippen LogP contribution is 2.37. The van der Waals surface area contributed by atoms with Crippen LogP contribution < -0.4 is 25.0 Å². The fraction of sp³-hybridized carbons (Fsp3) is 0.280. The summed E-state index contributed by atoms with van der Waals surface area (Å²) in [4.78, 5) is 25.2. The third-order valence-electron chi connectivity index (χ3n) is 5.63. The summed E-state index contributed by atoms with van der Waals surface area (Å²) in [6.07, 6.45) is 2.86. The lowest BCUT2D eigenvalue weighted by molar-refractivity contribution is -0.121. The molecule has 38 heavy (non-hydrogen) atoms. The molecule has 0 saturated heterocycles. The van der Waals surface area contributed by atoms with Crippen molar-refractivity contribution in [3.8, 4) is 11.5 Å². The Kier molecular flexibility index (Phi) is 9.85. The Hall–Kier alpha value is -3.90. The van der Waals surface area contributed by atoms with E-state index in [2.05, 4.69) is 30.5 Å². The van der Waals surface area contributed by atoms with Crippen molar-refractivity contribution in [3.05, 3.63) is 77.3 Å². The molecule has 0 spiro atoms. The van der Waals surface area contributed by atoms with Gasteiger partial charge in [-0.3, -0.25) is 20.4 Å². The van der Waals surface area contributed by atoms with E-state index in [-0.39, 0.29) is 18.1 Å². The fourth-order valence-electron chi connectivity index (χ4n) is 3.35. The molecule has 3 N–H and O–H groups in total. The summed E-state index contributed by atoms with van der Waals surface area (Å²) in [7, 11) is -1.18. The van der Waals surface area contributed by atoms with Gasteiger partial charge in [0.1, 0.15) is 17.3 Å². The highest BCUT2D eigenvalue weighted by atomic mass is 35.5.